The van der Waals surface area contributed by atoms with Crippen LogP contribution in [0.15, 0.2) is 21.9 Å². The maximum absolute atomic E-state index is 12.2. The molecule has 190 valence electrons. The molecule has 19 heteroatoms. The van der Waals surface area contributed by atoms with Crippen molar-refractivity contribution in [3.63, 3.8) is 0 Å². The zero-order valence-electron chi connectivity index (χ0n) is 17.4. The Morgan fingerprint density at radius 3 is 2.53 bits per heavy atom. The van der Waals surface area contributed by atoms with Crippen molar-refractivity contribution < 1.29 is 52.3 Å². The highest BCUT2D eigenvalue weighted by atomic mass is 32.7. The third-order valence-corrected chi connectivity index (χ3v) is 6.48. The standard InChI is InChI=1S/C15H21N3O13P2S/c1-28-11-10(31-32(25)34)8(30-12(11)18-5-3-9(19)17-15(18)24)6-29-33(26,27)16-4-2-7(13(20)21)14(22)23/h3,5,7-8,10-12H,2,4,6H2,1H3,(H5-,16,17,19,20,21,22,23,24,25,26,27,34)/p+1/t8?,10?,11?,12-/m1/s1. The van der Waals surface area contributed by atoms with Gasteiger partial charge in [0, 0.05) is 25.9 Å². The van der Waals surface area contributed by atoms with E-state index in [1.165, 1.54) is 7.11 Å². The van der Waals surface area contributed by atoms with Crippen molar-refractivity contribution >= 4 is 39.2 Å². The summed E-state index contributed by atoms with van der Waals surface area (Å²) in [5.41, 5.74) is -1.52. The topological polar surface area (TPSA) is 233 Å². The summed E-state index contributed by atoms with van der Waals surface area (Å²) in [4.78, 5) is 57.2. The van der Waals surface area contributed by atoms with Gasteiger partial charge in [0.15, 0.2) is 18.2 Å². The molecule has 0 aliphatic carbocycles. The number of ether oxygens (including phenoxy) is 2. The summed E-state index contributed by atoms with van der Waals surface area (Å²) >= 11 is 3.67. The van der Waals surface area contributed by atoms with Crippen molar-refractivity contribution in [3.8, 4) is 0 Å². The molecular formula is C15H22N3O13P2S+. The van der Waals surface area contributed by atoms with Crippen LogP contribution in [0.25, 0.3) is 0 Å². The van der Waals surface area contributed by atoms with E-state index in [1.54, 1.807) is 0 Å². The number of hydrogen-bond donors (Lipinski definition) is 6. The minimum atomic E-state index is -4.58. The Balaban J connectivity index is 2.12. The zero-order valence-corrected chi connectivity index (χ0v) is 20.1. The van der Waals surface area contributed by atoms with Gasteiger partial charge in [0.2, 0.25) is 0 Å². The molecule has 0 bridgehead atoms. The number of methoxy groups -OCH3 is 1. The third kappa shape index (κ3) is 7.53. The number of rotatable bonds is 13. The quantitative estimate of drug-likeness (QED) is 0.102. The van der Waals surface area contributed by atoms with Crippen LogP contribution in [0.1, 0.15) is 12.6 Å². The van der Waals surface area contributed by atoms with E-state index in [-0.39, 0.29) is 0 Å². The first-order valence-electron chi connectivity index (χ1n) is 9.37. The van der Waals surface area contributed by atoms with Crippen molar-refractivity contribution in [2.45, 2.75) is 31.0 Å². The van der Waals surface area contributed by atoms with E-state index < -0.39 is 88.2 Å². The molecule has 0 radical (unpaired) electrons. The second-order valence-electron chi connectivity index (χ2n) is 6.83. The summed E-state index contributed by atoms with van der Waals surface area (Å²) in [5.74, 6) is -5.02. The first kappa shape index (κ1) is 28.3. The Bertz CT molecular complexity index is 1060. The maximum Gasteiger partial charge on any atom is 0.582 e. The molecule has 1 aliphatic heterocycles. The largest absolute Gasteiger partial charge is 0.582 e. The SMILES string of the molecule is COC1C(O[P+](=O)S)C(COP(=O)(O)NCCC(C(=O)O)C(=O)O)O[C@H]1n1ccc(=O)[nH]c1=O. The smallest absolute Gasteiger partial charge is 0.481 e. The average molecular weight is 546 g/mol. The monoisotopic (exact) mass is 546 g/mol. The van der Waals surface area contributed by atoms with E-state index in [2.05, 4.69) is 12.2 Å². The molecule has 34 heavy (non-hydrogen) atoms. The van der Waals surface area contributed by atoms with E-state index in [0.717, 1.165) is 16.8 Å². The number of carboxylic acids is 2. The van der Waals surface area contributed by atoms with Gasteiger partial charge in [0.05, 0.1) is 6.61 Å². The molecular weight excluding hydrogens is 524 g/mol. The number of carbonyl (C=O) groups is 2. The van der Waals surface area contributed by atoms with E-state index in [0.29, 0.717) is 0 Å². The van der Waals surface area contributed by atoms with Gasteiger partial charge in [-0.15, -0.1) is 4.52 Å². The molecule has 6 atom stereocenters. The first-order chi connectivity index (χ1) is 15.9. The molecule has 0 amide bonds. The van der Waals surface area contributed by atoms with Crippen LogP contribution in [0, 0.1) is 5.92 Å². The molecule has 1 aromatic heterocycles. The molecule has 16 nitrogen and oxygen atoms in total. The van der Waals surface area contributed by atoms with Gasteiger partial charge in [-0.05, 0) is 11.0 Å². The van der Waals surface area contributed by atoms with Gasteiger partial charge < -0.3 is 24.6 Å². The van der Waals surface area contributed by atoms with Crippen molar-refractivity contribution in [2.24, 2.45) is 5.92 Å². The Hall–Kier alpha value is -1.94. The lowest BCUT2D eigenvalue weighted by molar-refractivity contribution is -0.154. The first-order valence-corrected chi connectivity index (χ1v) is 13.3. The summed E-state index contributed by atoms with van der Waals surface area (Å²) in [6, 6.07) is 1.05. The van der Waals surface area contributed by atoms with Gasteiger partial charge in [-0.3, -0.25) is 28.5 Å². The zero-order chi connectivity index (χ0) is 25.6. The maximum atomic E-state index is 12.2. The van der Waals surface area contributed by atoms with Crippen LogP contribution in [0.2, 0.25) is 0 Å². The molecule has 1 aromatic rings. The summed E-state index contributed by atoms with van der Waals surface area (Å²) < 4.78 is 45.9. The van der Waals surface area contributed by atoms with Crippen LogP contribution in [0.5, 0.6) is 0 Å². The molecule has 1 aliphatic rings. The Labute approximate surface area is 196 Å². The normalized spacial score (nSPS) is 24.6. The number of aromatic nitrogens is 2. The molecule has 2 heterocycles. The molecule has 1 fully saturated rings. The van der Waals surface area contributed by atoms with Gasteiger partial charge in [-0.1, -0.05) is 0 Å². The van der Waals surface area contributed by atoms with Crippen LogP contribution in [-0.2, 0) is 37.2 Å². The number of hydrogen-bond acceptors (Lipinski definition) is 10. The highest BCUT2D eigenvalue weighted by Crippen LogP contribution is 2.43. The molecule has 0 aromatic carbocycles. The molecule has 0 saturated carbocycles. The van der Waals surface area contributed by atoms with E-state index in [9.17, 15) is 33.2 Å². The van der Waals surface area contributed by atoms with E-state index >= 15 is 0 Å². The summed E-state index contributed by atoms with van der Waals surface area (Å²) in [7, 11) is -5.85. The van der Waals surface area contributed by atoms with Crippen LogP contribution in [0.4, 0.5) is 0 Å². The van der Waals surface area contributed by atoms with Crippen LogP contribution in [0.3, 0.4) is 0 Å². The Morgan fingerprint density at radius 1 is 1.35 bits per heavy atom. The fraction of sp³-hybridized carbons (Fsp3) is 0.600. The average Bonchev–Trinajstić information content (AvgIpc) is 3.05. The molecule has 0 spiro atoms. The molecule has 5 N–H and O–H groups in total. The van der Waals surface area contributed by atoms with Crippen molar-refractivity contribution in [3.05, 3.63) is 33.1 Å². The van der Waals surface area contributed by atoms with E-state index in [1.807, 2.05) is 10.1 Å². The number of H-pyrrole nitrogens is 1. The number of nitrogens with zero attached hydrogens (tertiary/aromatic N) is 1. The van der Waals surface area contributed by atoms with Gasteiger partial charge >= 0.3 is 32.6 Å². The van der Waals surface area contributed by atoms with Crippen LogP contribution < -0.4 is 16.3 Å². The molecule has 2 rings (SSSR count). The van der Waals surface area contributed by atoms with Gasteiger partial charge in [-0.25, -0.2) is 14.4 Å². The second kappa shape index (κ2) is 12.2. The van der Waals surface area contributed by atoms with Crippen LogP contribution >= 0.6 is 27.2 Å². The number of carboxylic acid groups (broad SMARTS) is 2. The minimum absolute atomic E-state index is 0.485. The Kier molecular flexibility index (Phi) is 10.1. The van der Waals surface area contributed by atoms with Gasteiger partial charge in [-0.2, -0.15) is 0 Å². The molecule has 5 unspecified atom stereocenters. The van der Waals surface area contributed by atoms with Crippen molar-refractivity contribution in [1.82, 2.24) is 14.6 Å². The lowest BCUT2D eigenvalue weighted by Crippen LogP contribution is -2.39. The predicted molar refractivity (Wildman–Crippen MR) is 115 cm³/mol. The lowest BCUT2D eigenvalue weighted by Gasteiger charge is -2.20. The number of thiol groups is 1. The van der Waals surface area contributed by atoms with Gasteiger partial charge in [0.25, 0.3) is 5.56 Å². The second-order valence-corrected chi connectivity index (χ2v) is 10.1. The van der Waals surface area contributed by atoms with Crippen molar-refractivity contribution in [2.75, 3.05) is 20.3 Å². The Morgan fingerprint density at radius 2 is 2.00 bits per heavy atom. The highest BCUT2D eigenvalue weighted by Gasteiger charge is 2.51. The fourth-order valence-corrected chi connectivity index (χ4v) is 4.74. The molecule has 1 saturated heterocycles. The summed E-state index contributed by atoms with van der Waals surface area (Å²) in [6.07, 6.45) is -4.09. The minimum Gasteiger partial charge on any atom is -0.481 e. The summed E-state index contributed by atoms with van der Waals surface area (Å²) in [6.45, 7) is -1.14. The number of aromatic amines is 1. The van der Waals surface area contributed by atoms with Crippen molar-refractivity contribution in [1.29, 1.82) is 0 Å². The van der Waals surface area contributed by atoms with Crippen LogP contribution in [-0.4, -0.2) is 75.2 Å². The third-order valence-electron chi connectivity index (χ3n) is 4.65. The number of aliphatic carboxylic acids is 2. The number of nitrogens with one attached hydrogen (secondary N) is 2. The fourth-order valence-electron chi connectivity index (χ4n) is 3.10. The predicted octanol–water partition coefficient (Wildman–Crippen LogP) is -0.696. The van der Waals surface area contributed by atoms with E-state index in [4.69, 9.17) is 28.7 Å². The highest BCUT2D eigenvalue weighted by molar-refractivity contribution is 8.39. The lowest BCUT2D eigenvalue weighted by atomic mass is 10.1. The van der Waals surface area contributed by atoms with Gasteiger partial charge in [0.1, 0.15) is 24.5 Å². The summed E-state index contributed by atoms with van der Waals surface area (Å²) in [5, 5.41) is 19.7.